The van der Waals surface area contributed by atoms with Crippen LogP contribution in [-0.4, -0.2) is 12.4 Å². The van der Waals surface area contributed by atoms with Crippen molar-refractivity contribution in [3.8, 4) is 0 Å². The molecule has 0 heterocycles. The van der Waals surface area contributed by atoms with Gasteiger partial charge in [-0.2, -0.15) is 0 Å². The van der Waals surface area contributed by atoms with Gasteiger partial charge in [0.25, 0.3) is 7.82 Å². The largest absolute Gasteiger partial charge is 0.790 e. The number of rotatable bonds is 6. The molecule has 0 aliphatic rings. The van der Waals surface area contributed by atoms with E-state index in [0.717, 1.165) is 0 Å². The van der Waals surface area contributed by atoms with Crippen LogP contribution in [0, 0.1) is 0 Å². The molecule has 8 nitrogen and oxygen atoms in total. The monoisotopic (exact) mass is 245 g/mol. The Morgan fingerprint density at radius 3 is 2.14 bits per heavy atom. The van der Waals surface area contributed by atoms with Gasteiger partial charge in [-0.05, 0) is 6.92 Å². The Bertz CT molecular complexity index is 292. The van der Waals surface area contributed by atoms with E-state index in [1.165, 1.54) is 6.92 Å². The van der Waals surface area contributed by atoms with E-state index in [1.807, 2.05) is 0 Å². The molecule has 0 aromatic carbocycles. The summed E-state index contributed by atoms with van der Waals surface area (Å²) in [6.07, 6.45) is -0.225. The van der Waals surface area contributed by atoms with E-state index < -0.39 is 22.3 Å². The number of Topliss-reactive ketones (excluding diaryl/α,β-unsaturated/α-hetero) is 1. The Kier molecular flexibility index (Phi) is 5.11. The molecule has 0 rings (SSSR count). The van der Waals surface area contributed by atoms with E-state index in [9.17, 15) is 28.6 Å². The molecular formula is C4H7O8P2-3. The van der Waals surface area contributed by atoms with Crippen LogP contribution in [0.2, 0.25) is 0 Å². The summed E-state index contributed by atoms with van der Waals surface area (Å²) in [5.74, 6) is -0.350. The van der Waals surface area contributed by atoms with Crippen molar-refractivity contribution in [2.45, 2.75) is 13.3 Å². The standard InChI is InChI=1S/C4H10O8P2/c1-4(5)2-3-11-14(9,10)12-13(6,7)8/h2-3H2,1H3,(H,9,10)(H2,6,7,8)/p-3. The van der Waals surface area contributed by atoms with Gasteiger partial charge in [-0.15, -0.1) is 0 Å². The fraction of sp³-hybridized carbons (Fsp3) is 0.750. The molecule has 0 fully saturated rings. The minimum atomic E-state index is -5.64. The number of carbonyl (C=O) groups excluding carboxylic acids is 1. The van der Waals surface area contributed by atoms with Gasteiger partial charge in [0.2, 0.25) is 0 Å². The zero-order chi connectivity index (χ0) is 11.4. The summed E-state index contributed by atoms with van der Waals surface area (Å²) in [5, 5.41) is 0. The van der Waals surface area contributed by atoms with Gasteiger partial charge >= 0.3 is 0 Å². The van der Waals surface area contributed by atoms with E-state index in [4.69, 9.17) is 0 Å². The molecule has 0 aromatic rings. The molecule has 0 saturated carbocycles. The normalized spacial score (nSPS) is 16.3. The molecule has 0 aliphatic heterocycles. The molecule has 10 heteroatoms. The van der Waals surface area contributed by atoms with Crippen molar-refractivity contribution in [1.29, 1.82) is 0 Å². The molecular weight excluding hydrogens is 238 g/mol. The number of hydrogen-bond donors (Lipinski definition) is 0. The van der Waals surface area contributed by atoms with E-state index >= 15 is 0 Å². The highest BCUT2D eigenvalue weighted by Crippen LogP contribution is 2.50. The summed E-state index contributed by atoms with van der Waals surface area (Å²) < 4.78 is 27.4. The van der Waals surface area contributed by atoms with Crippen molar-refractivity contribution in [2.75, 3.05) is 6.61 Å². The third-order valence-electron chi connectivity index (χ3n) is 0.904. The van der Waals surface area contributed by atoms with Gasteiger partial charge in [0.05, 0.1) is 14.4 Å². The first-order valence-corrected chi connectivity index (χ1v) is 6.23. The smallest absolute Gasteiger partial charge is 0.271 e. The van der Waals surface area contributed by atoms with Gasteiger partial charge in [-0.3, -0.25) is 13.7 Å². The van der Waals surface area contributed by atoms with Gasteiger partial charge < -0.3 is 23.8 Å². The second kappa shape index (κ2) is 5.14. The summed E-state index contributed by atoms with van der Waals surface area (Å²) in [7, 11) is -10.8. The zero-order valence-corrected chi connectivity index (χ0v) is 8.86. The lowest BCUT2D eigenvalue weighted by atomic mass is 10.3. The lowest BCUT2D eigenvalue weighted by molar-refractivity contribution is -0.339. The average molecular weight is 245 g/mol. The minimum Gasteiger partial charge on any atom is -0.790 e. The minimum absolute atomic E-state index is 0.225. The lowest BCUT2D eigenvalue weighted by Crippen LogP contribution is -2.19. The number of phosphoric acid groups is 2. The van der Waals surface area contributed by atoms with Gasteiger partial charge in [0, 0.05) is 6.42 Å². The van der Waals surface area contributed by atoms with Gasteiger partial charge in [0.15, 0.2) is 0 Å². The van der Waals surface area contributed by atoms with E-state index in [2.05, 4.69) is 8.83 Å². The molecule has 0 bridgehead atoms. The van der Waals surface area contributed by atoms with Crippen LogP contribution in [0.25, 0.3) is 0 Å². The quantitative estimate of drug-likeness (QED) is 0.504. The van der Waals surface area contributed by atoms with Crippen LogP contribution < -0.4 is 14.7 Å². The Morgan fingerprint density at radius 1 is 1.29 bits per heavy atom. The SMILES string of the molecule is CC(=O)CCOP(=O)([O-])OP(=O)([O-])[O-]. The summed E-state index contributed by atoms with van der Waals surface area (Å²) in [6, 6.07) is 0. The molecule has 14 heavy (non-hydrogen) atoms. The molecule has 0 spiro atoms. The molecule has 0 saturated heterocycles. The number of carbonyl (C=O) groups is 1. The number of hydrogen-bond acceptors (Lipinski definition) is 8. The molecule has 0 amide bonds. The summed E-state index contributed by atoms with van der Waals surface area (Å²) in [4.78, 5) is 40.6. The van der Waals surface area contributed by atoms with Crippen LogP contribution in [0.5, 0.6) is 0 Å². The van der Waals surface area contributed by atoms with Crippen LogP contribution in [0.1, 0.15) is 13.3 Å². The van der Waals surface area contributed by atoms with Crippen molar-refractivity contribution >= 4 is 21.4 Å². The predicted octanol–water partition coefficient (Wildman–Crippen LogP) is -1.70. The molecule has 84 valence electrons. The van der Waals surface area contributed by atoms with Gasteiger partial charge in [-0.25, -0.2) is 0 Å². The van der Waals surface area contributed by atoms with Gasteiger partial charge in [-0.1, -0.05) is 0 Å². The molecule has 0 radical (unpaired) electrons. The van der Waals surface area contributed by atoms with Crippen molar-refractivity contribution in [3.05, 3.63) is 0 Å². The molecule has 0 aromatic heterocycles. The van der Waals surface area contributed by atoms with Crippen molar-refractivity contribution in [1.82, 2.24) is 0 Å². The van der Waals surface area contributed by atoms with Crippen molar-refractivity contribution in [3.63, 3.8) is 0 Å². The Hall–Kier alpha value is -0.0700. The van der Waals surface area contributed by atoms with Crippen LogP contribution in [0.4, 0.5) is 0 Å². The molecule has 0 N–H and O–H groups in total. The van der Waals surface area contributed by atoms with Crippen LogP contribution in [-0.2, 0) is 22.8 Å². The number of ketones is 1. The highest BCUT2D eigenvalue weighted by Gasteiger charge is 2.11. The van der Waals surface area contributed by atoms with Crippen molar-refractivity contribution < 1.29 is 37.4 Å². The maximum absolute atomic E-state index is 10.5. The highest BCUT2D eigenvalue weighted by molar-refractivity contribution is 7.58. The van der Waals surface area contributed by atoms with E-state index in [1.54, 1.807) is 0 Å². The first-order chi connectivity index (χ1) is 6.12. The lowest BCUT2D eigenvalue weighted by Gasteiger charge is -2.34. The second-order valence-electron chi connectivity index (χ2n) is 2.26. The highest BCUT2D eigenvalue weighted by atomic mass is 31.3. The Labute approximate surface area is 79.7 Å². The van der Waals surface area contributed by atoms with Crippen molar-refractivity contribution in [2.24, 2.45) is 0 Å². The maximum atomic E-state index is 10.5. The first kappa shape index (κ1) is 13.9. The van der Waals surface area contributed by atoms with Crippen LogP contribution >= 0.6 is 15.6 Å². The fourth-order valence-electron chi connectivity index (χ4n) is 0.447. The predicted molar refractivity (Wildman–Crippen MR) is 37.5 cm³/mol. The first-order valence-electron chi connectivity index (χ1n) is 3.31. The average Bonchev–Trinajstić information content (AvgIpc) is 1.78. The third-order valence-corrected chi connectivity index (χ3v) is 3.00. The summed E-state index contributed by atoms with van der Waals surface area (Å²) in [5.41, 5.74) is 0. The molecule has 1 atom stereocenters. The van der Waals surface area contributed by atoms with Crippen LogP contribution in [0.3, 0.4) is 0 Å². The molecule has 0 aliphatic carbocycles. The number of phosphoric ester groups is 1. The Morgan fingerprint density at radius 2 is 1.79 bits per heavy atom. The van der Waals surface area contributed by atoms with Crippen LogP contribution in [0.15, 0.2) is 0 Å². The summed E-state index contributed by atoms with van der Waals surface area (Å²) in [6.45, 7) is 0.627. The van der Waals surface area contributed by atoms with E-state index in [0.29, 0.717) is 0 Å². The second-order valence-corrected chi connectivity index (χ2v) is 4.96. The maximum Gasteiger partial charge on any atom is 0.271 e. The third kappa shape index (κ3) is 8.52. The zero-order valence-electron chi connectivity index (χ0n) is 7.07. The molecule has 1 unspecified atom stereocenters. The Balaban J connectivity index is 4.03. The summed E-state index contributed by atoms with van der Waals surface area (Å²) >= 11 is 0. The fourth-order valence-corrected chi connectivity index (χ4v) is 1.93. The van der Waals surface area contributed by atoms with Gasteiger partial charge in [0.1, 0.15) is 5.78 Å². The topological polar surface area (TPSA) is 139 Å². The van der Waals surface area contributed by atoms with E-state index in [-0.39, 0.29) is 12.2 Å².